The average molecular weight is 386 g/mol. The van der Waals surface area contributed by atoms with Crippen LogP contribution < -0.4 is 10.2 Å². The van der Waals surface area contributed by atoms with Crippen LogP contribution in [0.4, 0.5) is 5.69 Å². The second-order valence-corrected chi connectivity index (χ2v) is 7.32. The number of hydrogen-bond donors (Lipinski definition) is 1. The van der Waals surface area contributed by atoms with E-state index in [0.717, 1.165) is 48.7 Å². The molecular formula is C25H26N2O2. The van der Waals surface area contributed by atoms with E-state index in [1.165, 1.54) is 0 Å². The number of nitrogens with one attached hydrogen (secondary N) is 1. The van der Waals surface area contributed by atoms with Gasteiger partial charge in [-0.1, -0.05) is 54.6 Å². The number of benzene rings is 3. The Hall–Kier alpha value is -3.11. The second-order valence-electron chi connectivity index (χ2n) is 7.32. The van der Waals surface area contributed by atoms with Crippen molar-refractivity contribution in [3.63, 3.8) is 0 Å². The van der Waals surface area contributed by atoms with Crippen LogP contribution >= 0.6 is 0 Å². The Morgan fingerprint density at radius 2 is 1.55 bits per heavy atom. The lowest BCUT2D eigenvalue weighted by Crippen LogP contribution is -2.36. The van der Waals surface area contributed by atoms with Gasteiger partial charge in [-0.25, -0.2) is 0 Å². The summed E-state index contributed by atoms with van der Waals surface area (Å²) in [5.41, 5.74) is 5.13. The summed E-state index contributed by atoms with van der Waals surface area (Å²) in [4.78, 5) is 15.3. The maximum atomic E-state index is 13.1. The van der Waals surface area contributed by atoms with Crippen molar-refractivity contribution in [2.45, 2.75) is 13.0 Å². The van der Waals surface area contributed by atoms with E-state index in [1.54, 1.807) is 0 Å². The Kier molecular flexibility index (Phi) is 5.92. The molecule has 1 unspecified atom stereocenters. The number of ether oxygens (including phenoxy) is 1. The van der Waals surface area contributed by atoms with Crippen LogP contribution in [0.15, 0.2) is 78.9 Å². The molecule has 0 aromatic heterocycles. The van der Waals surface area contributed by atoms with Gasteiger partial charge >= 0.3 is 0 Å². The third-order valence-corrected chi connectivity index (χ3v) is 5.41. The van der Waals surface area contributed by atoms with Crippen LogP contribution in [-0.2, 0) is 4.74 Å². The van der Waals surface area contributed by atoms with E-state index >= 15 is 0 Å². The maximum absolute atomic E-state index is 13.1. The highest BCUT2D eigenvalue weighted by Crippen LogP contribution is 2.25. The Morgan fingerprint density at radius 3 is 2.24 bits per heavy atom. The Labute approximate surface area is 172 Å². The number of amides is 1. The molecule has 0 saturated carbocycles. The standard InChI is InChI=1S/C25H26N2O2/c1-19-7-5-6-10-23(19)24(20-8-3-2-4-9-20)26-25(28)21-11-13-22(14-12-21)27-15-17-29-18-16-27/h2-14,24H,15-18H2,1H3,(H,26,28). The van der Waals surface area contributed by atoms with Crippen LogP contribution in [-0.4, -0.2) is 32.2 Å². The molecule has 1 fully saturated rings. The molecule has 1 amide bonds. The molecule has 1 N–H and O–H groups in total. The first kappa shape index (κ1) is 19.2. The highest BCUT2D eigenvalue weighted by Gasteiger charge is 2.19. The first-order chi connectivity index (χ1) is 14.2. The third kappa shape index (κ3) is 4.49. The summed E-state index contributed by atoms with van der Waals surface area (Å²) in [7, 11) is 0. The first-order valence-electron chi connectivity index (χ1n) is 10.1. The number of carbonyl (C=O) groups is 1. The quantitative estimate of drug-likeness (QED) is 0.709. The zero-order chi connectivity index (χ0) is 20.1. The summed E-state index contributed by atoms with van der Waals surface area (Å²) in [6.07, 6.45) is 0. The third-order valence-electron chi connectivity index (χ3n) is 5.41. The second kappa shape index (κ2) is 8.93. The van der Waals surface area contributed by atoms with Crippen LogP contribution in [0.3, 0.4) is 0 Å². The summed E-state index contributed by atoms with van der Waals surface area (Å²) < 4.78 is 5.41. The average Bonchev–Trinajstić information content (AvgIpc) is 2.79. The normalized spacial score (nSPS) is 15.0. The minimum absolute atomic E-state index is 0.0735. The van der Waals surface area contributed by atoms with Gasteiger partial charge in [-0.2, -0.15) is 0 Å². The number of aryl methyl sites for hydroxylation is 1. The topological polar surface area (TPSA) is 41.6 Å². The molecule has 3 aromatic rings. The molecule has 1 aliphatic heterocycles. The van der Waals surface area contributed by atoms with Gasteiger partial charge in [0.25, 0.3) is 5.91 Å². The molecule has 0 bridgehead atoms. The Morgan fingerprint density at radius 1 is 0.897 bits per heavy atom. The fourth-order valence-corrected chi connectivity index (χ4v) is 3.76. The largest absolute Gasteiger partial charge is 0.378 e. The molecular weight excluding hydrogens is 360 g/mol. The lowest BCUT2D eigenvalue weighted by Gasteiger charge is -2.29. The van der Waals surface area contributed by atoms with Gasteiger partial charge in [0, 0.05) is 24.3 Å². The van der Waals surface area contributed by atoms with Crippen molar-refractivity contribution in [1.29, 1.82) is 0 Å². The monoisotopic (exact) mass is 386 g/mol. The van der Waals surface area contributed by atoms with Crippen LogP contribution in [0.1, 0.15) is 33.1 Å². The van der Waals surface area contributed by atoms with Crippen molar-refractivity contribution in [2.75, 3.05) is 31.2 Å². The molecule has 0 aliphatic carbocycles. The molecule has 3 aromatic carbocycles. The molecule has 29 heavy (non-hydrogen) atoms. The molecule has 1 saturated heterocycles. The molecule has 148 valence electrons. The molecule has 4 heteroatoms. The van der Waals surface area contributed by atoms with Crippen molar-refractivity contribution >= 4 is 11.6 Å². The van der Waals surface area contributed by atoms with Crippen molar-refractivity contribution < 1.29 is 9.53 Å². The highest BCUT2D eigenvalue weighted by atomic mass is 16.5. The van der Waals surface area contributed by atoms with E-state index in [9.17, 15) is 4.79 Å². The van der Waals surface area contributed by atoms with Gasteiger partial charge in [0.15, 0.2) is 0 Å². The zero-order valence-electron chi connectivity index (χ0n) is 16.7. The van der Waals surface area contributed by atoms with Gasteiger partial charge < -0.3 is 15.0 Å². The molecule has 4 rings (SSSR count). The highest BCUT2D eigenvalue weighted by molar-refractivity contribution is 5.95. The van der Waals surface area contributed by atoms with Crippen molar-refractivity contribution in [2.24, 2.45) is 0 Å². The fourth-order valence-electron chi connectivity index (χ4n) is 3.76. The van der Waals surface area contributed by atoms with Crippen LogP contribution in [0.5, 0.6) is 0 Å². The van der Waals surface area contributed by atoms with Crippen molar-refractivity contribution in [1.82, 2.24) is 5.32 Å². The van der Waals surface area contributed by atoms with Crippen LogP contribution in [0.2, 0.25) is 0 Å². The van der Waals surface area contributed by atoms with E-state index < -0.39 is 0 Å². The van der Waals surface area contributed by atoms with Crippen molar-refractivity contribution in [3.8, 4) is 0 Å². The summed E-state index contributed by atoms with van der Waals surface area (Å²) >= 11 is 0. The van der Waals surface area contributed by atoms with Gasteiger partial charge in [0.1, 0.15) is 0 Å². The van der Waals surface area contributed by atoms with E-state index in [-0.39, 0.29) is 11.9 Å². The summed E-state index contributed by atoms with van der Waals surface area (Å²) in [6.45, 7) is 5.34. The van der Waals surface area contributed by atoms with Gasteiger partial charge in [0.2, 0.25) is 0 Å². The molecule has 1 heterocycles. The Bertz CT molecular complexity index is 948. The molecule has 4 nitrogen and oxygen atoms in total. The smallest absolute Gasteiger partial charge is 0.252 e. The Balaban J connectivity index is 1.56. The molecule has 1 aliphatic rings. The maximum Gasteiger partial charge on any atom is 0.252 e. The number of morpholine rings is 1. The summed E-state index contributed by atoms with van der Waals surface area (Å²) in [5.74, 6) is -0.0735. The van der Waals surface area contributed by atoms with Crippen LogP contribution in [0, 0.1) is 6.92 Å². The van der Waals surface area contributed by atoms with Gasteiger partial charge in [-0.3, -0.25) is 4.79 Å². The SMILES string of the molecule is Cc1ccccc1C(NC(=O)c1ccc(N2CCOCC2)cc1)c1ccccc1. The number of anilines is 1. The first-order valence-corrected chi connectivity index (χ1v) is 10.1. The predicted octanol–water partition coefficient (Wildman–Crippen LogP) is 4.35. The number of carbonyl (C=O) groups excluding carboxylic acids is 1. The van der Waals surface area contributed by atoms with E-state index in [2.05, 4.69) is 41.4 Å². The minimum atomic E-state index is -0.191. The van der Waals surface area contributed by atoms with Crippen molar-refractivity contribution in [3.05, 3.63) is 101 Å². The van der Waals surface area contributed by atoms with Gasteiger partial charge in [-0.15, -0.1) is 0 Å². The predicted molar refractivity (Wildman–Crippen MR) is 116 cm³/mol. The van der Waals surface area contributed by atoms with Gasteiger partial charge in [-0.05, 0) is 47.9 Å². The number of hydrogen-bond acceptors (Lipinski definition) is 3. The van der Waals surface area contributed by atoms with E-state index in [1.807, 2.05) is 54.6 Å². The minimum Gasteiger partial charge on any atom is -0.378 e. The van der Waals surface area contributed by atoms with Crippen LogP contribution in [0.25, 0.3) is 0 Å². The van der Waals surface area contributed by atoms with Gasteiger partial charge in [0.05, 0.1) is 19.3 Å². The fraction of sp³-hybridized carbons (Fsp3) is 0.240. The molecule has 1 atom stereocenters. The molecule has 0 spiro atoms. The lowest BCUT2D eigenvalue weighted by atomic mass is 9.94. The van der Waals surface area contributed by atoms with E-state index in [0.29, 0.717) is 5.56 Å². The number of nitrogens with zero attached hydrogens (tertiary/aromatic N) is 1. The number of rotatable bonds is 5. The molecule has 0 radical (unpaired) electrons. The summed E-state index contributed by atoms with van der Waals surface area (Å²) in [6, 6.07) is 26.0. The summed E-state index contributed by atoms with van der Waals surface area (Å²) in [5, 5.41) is 3.23. The zero-order valence-corrected chi connectivity index (χ0v) is 16.7. The van der Waals surface area contributed by atoms with E-state index in [4.69, 9.17) is 4.74 Å². The lowest BCUT2D eigenvalue weighted by molar-refractivity contribution is 0.0943.